The van der Waals surface area contributed by atoms with Crippen LogP contribution in [0.15, 0.2) is 53.6 Å². The summed E-state index contributed by atoms with van der Waals surface area (Å²) in [5.74, 6) is 0.441. The third-order valence-corrected chi connectivity index (χ3v) is 4.64. The molecule has 0 aliphatic carbocycles. The predicted molar refractivity (Wildman–Crippen MR) is 101 cm³/mol. The minimum absolute atomic E-state index is 0.0942. The van der Waals surface area contributed by atoms with E-state index in [2.05, 4.69) is 20.8 Å². The standard InChI is InChI=1S/C18H18N4O2S/c1-12(18-20-14-8-4-6-10-16(14)25-18)21-22-17(23)11-19-13-7-3-5-9-15(13)24-2/h3-10,19H,11H2,1-2H3,(H,22,23)/b21-12-. The molecule has 0 fully saturated rings. The van der Waals surface area contributed by atoms with E-state index in [-0.39, 0.29) is 12.5 Å². The molecule has 25 heavy (non-hydrogen) atoms. The zero-order chi connectivity index (χ0) is 17.6. The number of para-hydroxylation sites is 3. The van der Waals surface area contributed by atoms with Crippen molar-refractivity contribution in [3.8, 4) is 5.75 Å². The number of methoxy groups -OCH3 is 1. The van der Waals surface area contributed by atoms with Crippen LogP contribution in [0.4, 0.5) is 5.69 Å². The van der Waals surface area contributed by atoms with Gasteiger partial charge in [0.05, 0.1) is 35.3 Å². The average Bonchev–Trinajstić information content (AvgIpc) is 3.09. The van der Waals surface area contributed by atoms with Gasteiger partial charge in [-0.05, 0) is 31.2 Å². The molecule has 1 amide bonds. The van der Waals surface area contributed by atoms with Crippen molar-refractivity contribution in [3.63, 3.8) is 0 Å². The number of aromatic nitrogens is 1. The Morgan fingerprint density at radius 1 is 1.20 bits per heavy atom. The van der Waals surface area contributed by atoms with Crippen LogP contribution in [0.25, 0.3) is 10.2 Å². The molecule has 7 heteroatoms. The maximum atomic E-state index is 12.0. The molecular formula is C18H18N4O2S. The molecule has 6 nitrogen and oxygen atoms in total. The minimum Gasteiger partial charge on any atom is -0.495 e. The van der Waals surface area contributed by atoms with Crippen molar-refractivity contribution >= 4 is 38.9 Å². The van der Waals surface area contributed by atoms with Gasteiger partial charge in [-0.25, -0.2) is 10.4 Å². The fourth-order valence-corrected chi connectivity index (χ4v) is 3.14. The first kappa shape index (κ1) is 16.9. The van der Waals surface area contributed by atoms with E-state index in [0.717, 1.165) is 20.9 Å². The molecule has 1 heterocycles. The quantitative estimate of drug-likeness (QED) is 0.526. The van der Waals surface area contributed by atoms with Crippen molar-refractivity contribution in [1.82, 2.24) is 10.4 Å². The largest absolute Gasteiger partial charge is 0.495 e. The second-order valence-corrected chi connectivity index (χ2v) is 6.30. The molecule has 0 aliphatic heterocycles. The van der Waals surface area contributed by atoms with E-state index in [9.17, 15) is 4.79 Å². The van der Waals surface area contributed by atoms with Crippen LogP contribution in [-0.4, -0.2) is 30.3 Å². The number of nitrogens with one attached hydrogen (secondary N) is 2. The number of rotatable bonds is 6. The van der Waals surface area contributed by atoms with Crippen LogP contribution in [0.3, 0.4) is 0 Å². The second kappa shape index (κ2) is 7.76. The van der Waals surface area contributed by atoms with E-state index in [1.807, 2.05) is 55.5 Å². The molecule has 2 aromatic carbocycles. The molecule has 3 rings (SSSR count). The van der Waals surface area contributed by atoms with E-state index in [1.54, 1.807) is 18.4 Å². The second-order valence-electron chi connectivity index (χ2n) is 5.27. The van der Waals surface area contributed by atoms with Gasteiger partial charge in [-0.1, -0.05) is 24.3 Å². The van der Waals surface area contributed by atoms with Gasteiger partial charge in [-0.15, -0.1) is 11.3 Å². The third kappa shape index (κ3) is 4.13. The van der Waals surface area contributed by atoms with Gasteiger partial charge in [-0.3, -0.25) is 4.79 Å². The number of thiazole rings is 1. The topological polar surface area (TPSA) is 75.6 Å². The van der Waals surface area contributed by atoms with Gasteiger partial charge in [0.25, 0.3) is 5.91 Å². The van der Waals surface area contributed by atoms with E-state index >= 15 is 0 Å². The minimum atomic E-state index is -0.244. The number of anilines is 1. The first-order valence-corrected chi connectivity index (χ1v) is 8.55. The van der Waals surface area contributed by atoms with E-state index in [4.69, 9.17) is 4.74 Å². The Bertz CT molecular complexity index is 887. The molecule has 0 saturated heterocycles. The van der Waals surface area contributed by atoms with Crippen LogP contribution in [0.2, 0.25) is 0 Å². The van der Waals surface area contributed by atoms with Crippen LogP contribution in [-0.2, 0) is 4.79 Å². The summed E-state index contributed by atoms with van der Waals surface area (Å²) in [7, 11) is 1.59. The molecule has 1 aromatic heterocycles. The highest BCUT2D eigenvalue weighted by atomic mass is 32.1. The highest BCUT2D eigenvalue weighted by Gasteiger charge is 2.08. The number of hydrazone groups is 1. The van der Waals surface area contributed by atoms with Gasteiger partial charge in [0.1, 0.15) is 10.8 Å². The molecular weight excluding hydrogens is 336 g/mol. The lowest BCUT2D eigenvalue weighted by atomic mass is 10.3. The van der Waals surface area contributed by atoms with Crippen LogP contribution < -0.4 is 15.5 Å². The number of hydrogen-bond donors (Lipinski definition) is 2. The summed E-state index contributed by atoms with van der Waals surface area (Å²) in [5, 5.41) is 7.96. The van der Waals surface area contributed by atoms with Crippen LogP contribution in [0.5, 0.6) is 5.75 Å². The third-order valence-electron chi connectivity index (χ3n) is 3.50. The summed E-state index contributed by atoms with van der Waals surface area (Å²) in [6, 6.07) is 15.3. The Labute approximate surface area is 149 Å². The molecule has 0 bridgehead atoms. The predicted octanol–water partition coefficient (Wildman–Crippen LogP) is 3.26. The number of carbonyl (C=O) groups excluding carboxylic acids is 1. The van der Waals surface area contributed by atoms with Crippen LogP contribution in [0.1, 0.15) is 11.9 Å². The Morgan fingerprint density at radius 3 is 2.76 bits per heavy atom. The molecule has 0 radical (unpaired) electrons. The number of carbonyl (C=O) groups is 1. The van der Waals surface area contributed by atoms with Gasteiger partial charge in [0.15, 0.2) is 0 Å². The molecule has 3 aromatic rings. The lowest BCUT2D eigenvalue weighted by Gasteiger charge is -2.09. The van der Waals surface area contributed by atoms with E-state index in [1.165, 1.54) is 0 Å². The molecule has 0 unspecified atom stereocenters. The summed E-state index contributed by atoms with van der Waals surface area (Å²) in [6.07, 6.45) is 0. The van der Waals surface area contributed by atoms with Gasteiger partial charge >= 0.3 is 0 Å². The zero-order valence-electron chi connectivity index (χ0n) is 13.9. The molecule has 0 spiro atoms. The molecule has 0 atom stereocenters. The first-order valence-electron chi connectivity index (χ1n) is 7.73. The SMILES string of the molecule is COc1ccccc1NCC(=O)N/N=C(/C)c1nc2ccccc2s1. The van der Waals surface area contributed by atoms with Crippen molar-refractivity contribution in [2.24, 2.45) is 5.10 Å². The fourth-order valence-electron chi connectivity index (χ4n) is 2.23. The summed E-state index contributed by atoms with van der Waals surface area (Å²) in [6.45, 7) is 1.92. The van der Waals surface area contributed by atoms with Crippen molar-refractivity contribution in [2.75, 3.05) is 19.0 Å². The molecule has 0 aliphatic rings. The number of nitrogens with zero attached hydrogens (tertiary/aromatic N) is 2. The van der Waals surface area contributed by atoms with Crippen molar-refractivity contribution in [3.05, 3.63) is 53.5 Å². The Balaban J connectivity index is 1.60. The Hall–Kier alpha value is -2.93. The molecule has 2 N–H and O–H groups in total. The highest BCUT2D eigenvalue weighted by Crippen LogP contribution is 2.23. The number of hydrogen-bond acceptors (Lipinski definition) is 6. The number of amides is 1. The van der Waals surface area contributed by atoms with Gasteiger partial charge < -0.3 is 10.1 Å². The maximum Gasteiger partial charge on any atom is 0.259 e. The molecule has 128 valence electrons. The summed E-state index contributed by atoms with van der Waals surface area (Å²) >= 11 is 1.55. The fraction of sp³-hybridized carbons (Fsp3) is 0.167. The lowest BCUT2D eigenvalue weighted by Crippen LogP contribution is -2.26. The highest BCUT2D eigenvalue weighted by molar-refractivity contribution is 7.20. The monoisotopic (exact) mass is 354 g/mol. The maximum absolute atomic E-state index is 12.0. The normalized spacial score (nSPS) is 11.4. The smallest absolute Gasteiger partial charge is 0.259 e. The Kier molecular flexibility index (Phi) is 5.25. The number of ether oxygens (including phenoxy) is 1. The Morgan fingerprint density at radius 2 is 1.96 bits per heavy atom. The van der Waals surface area contributed by atoms with Gasteiger partial charge in [0, 0.05) is 0 Å². The van der Waals surface area contributed by atoms with Crippen LogP contribution in [0, 0.1) is 0 Å². The van der Waals surface area contributed by atoms with Crippen molar-refractivity contribution < 1.29 is 9.53 Å². The molecule has 0 saturated carbocycles. The van der Waals surface area contributed by atoms with E-state index < -0.39 is 0 Å². The zero-order valence-corrected chi connectivity index (χ0v) is 14.8. The summed E-state index contributed by atoms with van der Waals surface area (Å²) in [5.41, 5.74) is 4.91. The lowest BCUT2D eigenvalue weighted by molar-refractivity contribution is -0.119. The number of fused-ring (bicyclic) bond motifs is 1. The van der Waals surface area contributed by atoms with Crippen molar-refractivity contribution in [2.45, 2.75) is 6.92 Å². The summed E-state index contributed by atoms with van der Waals surface area (Å²) in [4.78, 5) is 16.5. The summed E-state index contributed by atoms with van der Waals surface area (Å²) < 4.78 is 6.33. The average molecular weight is 354 g/mol. The van der Waals surface area contributed by atoms with E-state index in [0.29, 0.717) is 11.5 Å². The number of benzene rings is 2. The first-order chi connectivity index (χ1) is 12.2. The van der Waals surface area contributed by atoms with Gasteiger partial charge in [0.2, 0.25) is 0 Å². The van der Waals surface area contributed by atoms with Crippen LogP contribution >= 0.6 is 11.3 Å². The van der Waals surface area contributed by atoms with Crippen molar-refractivity contribution in [1.29, 1.82) is 0 Å². The van der Waals surface area contributed by atoms with Gasteiger partial charge in [-0.2, -0.15) is 5.10 Å².